The van der Waals surface area contributed by atoms with Crippen molar-refractivity contribution in [1.29, 1.82) is 0 Å². The zero-order valence-electron chi connectivity index (χ0n) is 14.1. The van der Waals surface area contributed by atoms with E-state index >= 15 is 0 Å². The van der Waals surface area contributed by atoms with Gasteiger partial charge in [-0.25, -0.2) is 4.79 Å². The second-order valence-electron chi connectivity index (χ2n) is 5.96. The van der Waals surface area contributed by atoms with Crippen molar-refractivity contribution in [2.75, 3.05) is 23.8 Å². The summed E-state index contributed by atoms with van der Waals surface area (Å²) in [7, 11) is 0. The Bertz CT molecular complexity index is 980. The molecule has 3 aromatic rings. The maximum absolute atomic E-state index is 12.6. The molecule has 130 valence electrons. The Hall–Kier alpha value is -2.79. The van der Waals surface area contributed by atoms with Crippen LogP contribution in [0.1, 0.15) is 10.4 Å². The molecule has 0 spiro atoms. The molecule has 4 rings (SSSR count). The third-order valence-corrected chi connectivity index (χ3v) is 5.41. The number of rotatable bonds is 3. The number of ether oxygens (including phenoxy) is 1. The minimum atomic E-state index is -0.477. The predicted molar refractivity (Wildman–Crippen MR) is 104 cm³/mol. The van der Waals surface area contributed by atoms with Crippen LogP contribution in [-0.4, -0.2) is 30.8 Å². The van der Waals surface area contributed by atoms with Crippen molar-refractivity contribution in [2.45, 2.75) is 4.90 Å². The molecule has 1 amide bonds. The number of benzene rings is 3. The number of hydrogen-bond acceptors (Lipinski definition) is 4. The molecule has 0 atom stereocenters. The van der Waals surface area contributed by atoms with E-state index in [9.17, 15) is 9.59 Å². The van der Waals surface area contributed by atoms with Crippen LogP contribution in [0.3, 0.4) is 0 Å². The number of carbonyl (C=O) groups excluding carboxylic acids is 2. The van der Waals surface area contributed by atoms with Gasteiger partial charge in [0.1, 0.15) is 0 Å². The molecule has 1 aliphatic rings. The Morgan fingerprint density at radius 3 is 2.65 bits per heavy atom. The van der Waals surface area contributed by atoms with Crippen LogP contribution in [0.25, 0.3) is 10.8 Å². The maximum Gasteiger partial charge on any atom is 0.339 e. The fraction of sp³-hybridized carbons (Fsp3) is 0.143. The number of thioether (sulfide) groups is 1. The smallest absolute Gasteiger partial charge is 0.339 e. The molecular weight excluding hydrogens is 346 g/mol. The molecule has 0 fully saturated rings. The zero-order valence-corrected chi connectivity index (χ0v) is 14.9. The highest BCUT2D eigenvalue weighted by Crippen LogP contribution is 2.34. The normalized spacial score (nSPS) is 13.3. The molecular formula is C21H17NO3S. The standard InChI is InChI=1S/C21H17NO3S/c23-20(22-12-13-26-19-11-4-3-10-18(19)22)14-25-21(24)17-9-5-7-15-6-1-2-8-16(15)17/h1-11H,12-14H2. The van der Waals surface area contributed by atoms with Crippen LogP contribution in [0, 0.1) is 0 Å². The lowest BCUT2D eigenvalue weighted by atomic mass is 10.1. The van der Waals surface area contributed by atoms with Gasteiger partial charge in [0, 0.05) is 17.2 Å². The molecule has 1 heterocycles. The Labute approximate surface area is 155 Å². The van der Waals surface area contributed by atoms with Crippen LogP contribution in [0.4, 0.5) is 5.69 Å². The first-order chi connectivity index (χ1) is 12.7. The van der Waals surface area contributed by atoms with E-state index in [2.05, 4.69) is 0 Å². The monoisotopic (exact) mass is 363 g/mol. The fourth-order valence-electron chi connectivity index (χ4n) is 3.11. The summed E-state index contributed by atoms with van der Waals surface area (Å²) < 4.78 is 5.33. The molecule has 0 aliphatic carbocycles. The Kier molecular flexibility index (Phi) is 4.63. The average Bonchev–Trinajstić information content (AvgIpc) is 2.71. The third-order valence-electron chi connectivity index (χ3n) is 4.37. The highest BCUT2D eigenvalue weighted by atomic mass is 32.2. The number of hydrogen-bond donors (Lipinski definition) is 0. The predicted octanol–water partition coefficient (Wildman–Crippen LogP) is 4.14. The van der Waals surface area contributed by atoms with Gasteiger partial charge in [-0.2, -0.15) is 0 Å². The molecule has 26 heavy (non-hydrogen) atoms. The molecule has 0 unspecified atom stereocenters. The molecule has 0 aromatic heterocycles. The molecule has 3 aromatic carbocycles. The van der Waals surface area contributed by atoms with Gasteiger partial charge in [0.25, 0.3) is 5.91 Å². The largest absolute Gasteiger partial charge is 0.452 e. The number of anilines is 1. The van der Waals surface area contributed by atoms with E-state index in [4.69, 9.17) is 4.74 Å². The van der Waals surface area contributed by atoms with Crippen LogP contribution >= 0.6 is 11.8 Å². The Balaban J connectivity index is 1.49. The molecule has 5 heteroatoms. The first kappa shape index (κ1) is 16.7. The van der Waals surface area contributed by atoms with Crippen molar-refractivity contribution >= 4 is 40.1 Å². The summed E-state index contributed by atoms with van der Waals surface area (Å²) in [6.07, 6.45) is 0. The minimum absolute atomic E-state index is 0.202. The van der Waals surface area contributed by atoms with E-state index in [1.165, 1.54) is 0 Å². The molecule has 4 nitrogen and oxygen atoms in total. The van der Waals surface area contributed by atoms with Gasteiger partial charge in [-0.15, -0.1) is 11.8 Å². The summed E-state index contributed by atoms with van der Waals surface area (Å²) in [5.74, 6) is 0.154. The zero-order chi connectivity index (χ0) is 17.9. The SMILES string of the molecule is O=C(OCC(=O)N1CCSc2ccccc21)c1cccc2ccccc12. The first-order valence-electron chi connectivity index (χ1n) is 8.41. The first-order valence-corrected chi connectivity index (χ1v) is 9.40. The van der Waals surface area contributed by atoms with E-state index in [0.717, 1.165) is 27.1 Å². The number of amides is 1. The number of fused-ring (bicyclic) bond motifs is 2. The number of esters is 1. The van der Waals surface area contributed by atoms with Gasteiger partial charge in [-0.3, -0.25) is 4.79 Å². The highest BCUT2D eigenvalue weighted by molar-refractivity contribution is 7.99. The van der Waals surface area contributed by atoms with Crippen LogP contribution in [0.2, 0.25) is 0 Å². The van der Waals surface area contributed by atoms with Crippen molar-refractivity contribution < 1.29 is 14.3 Å². The quantitative estimate of drug-likeness (QED) is 0.656. The summed E-state index contributed by atoms with van der Waals surface area (Å²) in [5.41, 5.74) is 1.36. The summed E-state index contributed by atoms with van der Waals surface area (Å²) in [4.78, 5) is 27.9. The number of nitrogens with zero attached hydrogens (tertiary/aromatic N) is 1. The van der Waals surface area contributed by atoms with Gasteiger partial charge in [-0.1, -0.05) is 48.5 Å². The Morgan fingerprint density at radius 1 is 0.962 bits per heavy atom. The van der Waals surface area contributed by atoms with E-state index < -0.39 is 5.97 Å². The molecule has 1 aliphatic heterocycles. The minimum Gasteiger partial charge on any atom is -0.452 e. The second kappa shape index (κ2) is 7.22. The number of carbonyl (C=O) groups is 2. The summed E-state index contributed by atoms with van der Waals surface area (Å²) in [5, 5.41) is 1.79. The van der Waals surface area contributed by atoms with Gasteiger partial charge in [0.05, 0.1) is 11.3 Å². The average molecular weight is 363 g/mol. The lowest BCUT2D eigenvalue weighted by molar-refractivity contribution is -0.121. The Morgan fingerprint density at radius 2 is 1.73 bits per heavy atom. The molecule has 0 N–H and O–H groups in total. The lowest BCUT2D eigenvalue weighted by Gasteiger charge is -2.28. The topological polar surface area (TPSA) is 46.6 Å². The second-order valence-corrected chi connectivity index (χ2v) is 7.10. The van der Waals surface area contributed by atoms with Gasteiger partial charge in [0.2, 0.25) is 0 Å². The summed E-state index contributed by atoms with van der Waals surface area (Å²) >= 11 is 1.73. The lowest BCUT2D eigenvalue weighted by Crippen LogP contribution is -2.38. The van der Waals surface area contributed by atoms with Crippen molar-refractivity contribution in [2.24, 2.45) is 0 Å². The van der Waals surface area contributed by atoms with Crippen LogP contribution < -0.4 is 4.90 Å². The van der Waals surface area contributed by atoms with Crippen molar-refractivity contribution in [3.8, 4) is 0 Å². The van der Waals surface area contributed by atoms with Crippen molar-refractivity contribution in [3.05, 3.63) is 72.3 Å². The maximum atomic E-state index is 12.6. The van der Waals surface area contributed by atoms with E-state index in [1.54, 1.807) is 22.7 Å². The van der Waals surface area contributed by atoms with Crippen LogP contribution in [0.15, 0.2) is 71.6 Å². The van der Waals surface area contributed by atoms with Crippen molar-refractivity contribution in [3.63, 3.8) is 0 Å². The molecule has 0 saturated carbocycles. The van der Waals surface area contributed by atoms with Crippen molar-refractivity contribution in [1.82, 2.24) is 0 Å². The van der Waals surface area contributed by atoms with Gasteiger partial charge in [0.15, 0.2) is 6.61 Å². The van der Waals surface area contributed by atoms with E-state index in [1.807, 2.05) is 60.7 Å². The third kappa shape index (κ3) is 3.18. The van der Waals surface area contributed by atoms with Gasteiger partial charge < -0.3 is 9.64 Å². The van der Waals surface area contributed by atoms with Crippen LogP contribution in [-0.2, 0) is 9.53 Å². The van der Waals surface area contributed by atoms with Crippen LogP contribution in [0.5, 0.6) is 0 Å². The molecule has 0 saturated heterocycles. The van der Waals surface area contributed by atoms with Gasteiger partial charge in [-0.05, 0) is 29.0 Å². The molecule has 0 bridgehead atoms. The van der Waals surface area contributed by atoms with Gasteiger partial charge >= 0.3 is 5.97 Å². The summed E-state index contributed by atoms with van der Waals surface area (Å²) in [6.45, 7) is 0.355. The number of para-hydroxylation sites is 1. The summed E-state index contributed by atoms with van der Waals surface area (Å²) in [6, 6.07) is 20.9. The highest BCUT2D eigenvalue weighted by Gasteiger charge is 2.24. The molecule has 0 radical (unpaired) electrons. The fourth-order valence-corrected chi connectivity index (χ4v) is 4.11. The van der Waals surface area contributed by atoms with E-state index in [0.29, 0.717) is 12.1 Å². The van der Waals surface area contributed by atoms with E-state index in [-0.39, 0.29) is 12.5 Å².